The number of H-pyrrole nitrogens is 1. The lowest BCUT2D eigenvalue weighted by Gasteiger charge is -2.07. The maximum absolute atomic E-state index is 5.75. The zero-order chi connectivity index (χ0) is 18.1. The van der Waals surface area contributed by atoms with Gasteiger partial charge in [0.15, 0.2) is 0 Å². The van der Waals surface area contributed by atoms with Crippen LogP contribution in [-0.4, -0.2) is 11.5 Å². The third kappa shape index (κ3) is 2.95. The lowest BCUT2D eigenvalue weighted by Crippen LogP contribution is -1.99. The van der Waals surface area contributed by atoms with Crippen LogP contribution in [0.1, 0.15) is 43.7 Å². The number of para-hydroxylation sites is 1. The first-order valence-electron chi connectivity index (χ1n) is 9.51. The standard InChI is InChI=1S/C23H26N2S/c1-15(2)16-10-7-11-19-18(9-5-6-13-24)23(25-22(16)19)20-14-26-21-12-4-3-8-17(20)21/h3-4,7-8,10-12,14-15,25H,5-6,9,13,24H2,1-2H3. The van der Waals surface area contributed by atoms with Crippen molar-refractivity contribution in [1.29, 1.82) is 0 Å². The maximum Gasteiger partial charge on any atom is 0.0512 e. The van der Waals surface area contributed by atoms with Crippen molar-refractivity contribution < 1.29 is 0 Å². The fourth-order valence-corrected chi connectivity index (χ4v) is 4.84. The molecule has 2 heterocycles. The summed E-state index contributed by atoms with van der Waals surface area (Å²) in [4.78, 5) is 3.81. The summed E-state index contributed by atoms with van der Waals surface area (Å²) < 4.78 is 1.35. The molecule has 3 heteroatoms. The van der Waals surface area contributed by atoms with Crippen LogP contribution in [0.5, 0.6) is 0 Å². The van der Waals surface area contributed by atoms with Crippen LogP contribution in [-0.2, 0) is 6.42 Å². The summed E-state index contributed by atoms with van der Waals surface area (Å²) in [6, 6.07) is 15.4. The summed E-state index contributed by atoms with van der Waals surface area (Å²) in [6.07, 6.45) is 3.27. The molecule has 0 unspecified atom stereocenters. The molecule has 0 aliphatic heterocycles. The largest absolute Gasteiger partial charge is 0.354 e. The normalized spacial score (nSPS) is 11.8. The van der Waals surface area contributed by atoms with Crippen LogP contribution in [0.15, 0.2) is 47.8 Å². The van der Waals surface area contributed by atoms with Gasteiger partial charge in [0.05, 0.1) is 5.69 Å². The predicted molar refractivity (Wildman–Crippen MR) is 115 cm³/mol. The SMILES string of the molecule is CC(C)c1cccc2c(CCCCN)c(-c3csc4ccccc34)[nH]c12. The molecule has 0 radical (unpaired) electrons. The van der Waals surface area contributed by atoms with Gasteiger partial charge >= 0.3 is 0 Å². The van der Waals surface area contributed by atoms with Crippen molar-refractivity contribution >= 4 is 32.3 Å². The van der Waals surface area contributed by atoms with Gasteiger partial charge in [-0.1, -0.05) is 50.2 Å². The topological polar surface area (TPSA) is 41.8 Å². The summed E-state index contributed by atoms with van der Waals surface area (Å²) in [5.41, 5.74) is 12.5. The molecule has 0 aliphatic rings. The number of nitrogens with one attached hydrogen (secondary N) is 1. The van der Waals surface area contributed by atoms with Crippen molar-refractivity contribution in [1.82, 2.24) is 4.98 Å². The molecule has 2 aromatic heterocycles. The number of fused-ring (bicyclic) bond motifs is 2. The Balaban J connectivity index is 1.95. The first-order valence-corrected chi connectivity index (χ1v) is 10.4. The van der Waals surface area contributed by atoms with Gasteiger partial charge in [0.25, 0.3) is 0 Å². The average molecular weight is 363 g/mol. The summed E-state index contributed by atoms with van der Waals surface area (Å²) in [7, 11) is 0. The molecule has 0 atom stereocenters. The number of hydrogen-bond acceptors (Lipinski definition) is 2. The van der Waals surface area contributed by atoms with Crippen LogP contribution >= 0.6 is 11.3 Å². The van der Waals surface area contributed by atoms with Crippen molar-refractivity contribution in [3.05, 3.63) is 59.0 Å². The molecule has 3 N–H and O–H groups in total. The van der Waals surface area contributed by atoms with Crippen LogP contribution in [0.2, 0.25) is 0 Å². The highest BCUT2D eigenvalue weighted by Gasteiger charge is 2.18. The second-order valence-corrected chi connectivity index (χ2v) is 8.21. The number of hydrogen-bond donors (Lipinski definition) is 2. The van der Waals surface area contributed by atoms with Gasteiger partial charge in [-0.25, -0.2) is 0 Å². The Morgan fingerprint density at radius 1 is 1.00 bits per heavy atom. The fraction of sp³-hybridized carbons (Fsp3) is 0.304. The van der Waals surface area contributed by atoms with E-state index in [4.69, 9.17) is 5.73 Å². The Bertz CT molecular complexity index is 1040. The highest BCUT2D eigenvalue weighted by atomic mass is 32.1. The van der Waals surface area contributed by atoms with E-state index in [1.165, 1.54) is 43.4 Å². The molecule has 4 aromatic rings. The second-order valence-electron chi connectivity index (χ2n) is 7.29. The van der Waals surface area contributed by atoms with E-state index in [2.05, 4.69) is 66.7 Å². The Labute approximate surface area is 159 Å². The van der Waals surface area contributed by atoms with Gasteiger partial charge in [0.2, 0.25) is 0 Å². The van der Waals surface area contributed by atoms with Gasteiger partial charge in [0.1, 0.15) is 0 Å². The number of rotatable bonds is 6. The molecule has 2 aromatic carbocycles. The minimum atomic E-state index is 0.501. The zero-order valence-corrected chi connectivity index (χ0v) is 16.3. The van der Waals surface area contributed by atoms with Crippen LogP contribution in [0.4, 0.5) is 0 Å². The Hall–Kier alpha value is -2.10. The molecule has 2 nitrogen and oxygen atoms in total. The van der Waals surface area contributed by atoms with Gasteiger partial charge in [-0.05, 0) is 48.9 Å². The molecular formula is C23H26N2S. The molecule has 26 heavy (non-hydrogen) atoms. The second kappa shape index (κ2) is 7.26. The number of thiophene rings is 1. The fourth-order valence-electron chi connectivity index (χ4n) is 3.88. The molecule has 0 saturated heterocycles. The van der Waals surface area contributed by atoms with Crippen molar-refractivity contribution in [2.45, 2.75) is 39.0 Å². The molecule has 4 rings (SSSR count). The van der Waals surface area contributed by atoms with Crippen LogP contribution < -0.4 is 5.73 Å². The van der Waals surface area contributed by atoms with Crippen LogP contribution in [0.25, 0.3) is 32.2 Å². The monoisotopic (exact) mass is 362 g/mol. The van der Waals surface area contributed by atoms with E-state index in [-0.39, 0.29) is 0 Å². The van der Waals surface area contributed by atoms with Gasteiger partial charge in [-0.2, -0.15) is 0 Å². The Morgan fingerprint density at radius 3 is 2.62 bits per heavy atom. The first-order chi connectivity index (χ1) is 12.7. The van der Waals surface area contributed by atoms with E-state index in [0.717, 1.165) is 25.8 Å². The van der Waals surface area contributed by atoms with Gasteiger partial charge in [0, 0.05) is 31.9 Å². The van der Waals surface area contributed by atoms with Gasteiger partial charge < -0.3 is 10.7 Å². The summed E-state index contributed by atoms with van der Waals surface area (Å²) in [6.45, 7) is 5.29. The zero-order valence-electron chi connectivity index (χ0n) is 15.5. The maximum atomic E-state index is 5.75. The molecule has 0 bridgehead atoms. The van der Waals surface area contributed by atoms with Crippen molar-refractivity contribution in [2.24, 2.45) is 5.73 Å². The molecule has 0 spiro atoms. The third-order valence-corrected chi connectivity index (χ3v) is 6.19. The number of nitrogens with two attached hydrogens (primary N) is 1. The van der Waals surface area contributed by atoms with E-state index < -0.39 is 0 Å². The summed E-state index contributed by atoms with van der Waals surface area (Å²) in [5.74, 6) is 0.501. The van der Waals surface area contributed by atoms with Crippen molar-refractivity contribution in [3.8, 4) is 11.3 Å². The average Bonchev–Trinajstić information content (AvgIpc) is 3.23. The van der Waals surface area contributed by atoms with E-state index in [0.29, 0.717) is 5.92 Å². The number of unbranched alkanes of at least 4 members (excludes halogenated alkanes) is 1. The highest BCUT2D eigenvalue weighted by Crippen LogP contribution is 2.40. The lowest BCUT2D eigenvalue weighted by molar-refractivity contribution is 0.748. The highest BCUT2D eigenvalue weighted by molar-refractivity contribution is 7.17. The Morgan fingerprint density at radius 2 is 1.81 bits per heavy atom. The van der Waals surface area contributed by atoms with Gasteiger partial charge in [-0.3, -0.25) is 0 Å². The first kappa shape index (κ1) is 17.3. The van der Waals surface area contributed by atoms with Crippen molar-refractivity contribution in [3.63, 3.8) is 0 Å². The molecule has 0 fully saturated rings. The summed E-state index contributed by atoms with van der Waals surface area (Å²) in [5, 5.41) is 5.02. The number of aromatic amines is 1. The van der Waals surface area contributed by atoms with Gasteiger partial charge in [-0.15, -0.1) is 11.3 Å². The van der Waals surface area contributed by atoms with E-state index in [1.54, 1.807) is 0 Å². The minimum absolute atomic E-state index is 0.501. The molecule has 0 saturated carbocycles. The number of aryl methyl sites for hydroxylation is 1. The molecule has 134 valence electrons. The van der Waals surface area contributed by atoms with E-state index >= 15 is 0 Å². The number of benzene rings is 2. The smallest absolute Gasteiger partial charge is 0.0512 e. The third-order valence-electron chi connectivity index (χ3n) is 5.23. The molecular weight excluding hydrogens is 336 g/mol. The molecule has 0 amide bonds. The quantitative estimate of drug-likeness (QED) is 0.380. The lowest BCUT2D eigenvalue weighted by atomic mass is 9.96. The van der Waals surface area contributed by atoms with Crippen molar-refractivity contribution in [2.75, 3.05) is 6.54 Å². The number of aromatic nitrogens is 1. The minimum Gasteiger partial charge on any atom is -0.354 e. The van der Waals surface area contributed by atoms with Crippen LogP contribution in [0, 0.1) is 0 Å². The summed E-state index contributed by atoms with van der Waals surface area (Å²) >= 11 is 1.83. The molecule has 0 aliphatic carbocycles. The predicted octanol–water partition coefficient (Wildman–Crippen LogP) is 6.45. The Kier molecular flexibility index (Phi) is 4.84. The van der Waals surface area contributed by atoms with E-state index in [1.807, 2.05) is 11.3 Å². The van der Waals surface area contributed by atoms with Crippen LogP contribution in [0.3, 0.4) is 0 Å². The van der Waals surface area contributed by atoms with E-state index in [9.17, 15) is 0 Å².